The molecule has 0 aliphatic rings. The molecule has 0 amide bonds. The van der Waals surface area contributed by atoms with Crippen LogP contribution in [0.15, 0.2) is 18.2 Å². The lowest BCUT2D eigenvalue weighted by molar-refractivity contribution is 0.210. The number of nitrogens with zero attached hydrogens (tertiary/aromatic N) is 2. The van der Waals surface area contributed by atoms with Gasteiger partial charge < -0.3 is 5.32 Å². The Balaban J connectivity index is 2.68. The standard InChI is InChI=1S/C14H25N3/c1-5-9-17(12(2)3)11-14-8-6-7-13(16-14)10-15-4/h6-8,12,15H,5,9-11H2,1-4H3. The first-order valence-electron chi connectivity index (χ1n) is 6.50. The molecule has 0 aromatic carbocycles. The van der Waals surface area contributed by atoms with Gasteiger partial charge >= 0.3 is 0 Å². The lowest BCUT2D eigenvalue weighted by Crippen LogP contribution is -2.31. The molecule has 0 spiro atoms. The van der Waals surface area contributed by atoms with Crippen molar-refractivity contribution in [2.24, 2.45) is 0 Å². The highest BCUT2D eigenvalue weighted by atomic mass is 15.1. The molecule has 1 aromatic heterocycles. The molecule has 0 bridgehead atoms. The summed E-state index contributed by atoms with van der Waals surface area (Å²) in [4.78, 5) is 7.13. The van der Waals surface area contributed by atoms with Crippen LogP contribution < -0.4 is 5.32 Å². The van der Waals surface area contributed by atoms with E-state index >= 15 is 0 Å². The minimum absolute atomic E-state index is 0.574. The highest BCUT2D eigenvalue weighted by molar-refractivity contribution is 5.11. The van der Waals surface area contributed by atoms with E-state index in [2.05, 4.69) is 54.2 Å². The summed E-state index contributed by atoms with van der Waals surface area (Å²) in [6.45, 7) is 9.63. The molecule has 1 heterocycles. The Morgan fingerprint density at radius 2 is 2.00 bits per heavy atom. The van der Waals surface area contributed by atoms with Crippen LogP contribution in [0.1, 0.15) is 38.6 Å². The smallest absolute Gasteiger partial charge is 0.0547 e. The van der Waals surface area contributed by atoms with E-state index in [1.54, 1.807) is 0 Å². The van der Waals surface area contributed by atoms with Gasteiger partial charge in [-0.3, -0.25) is 9.88 Å². The number of hydrogen-bond donors (Lipinski definition) is 1. The van der Waals surface area contributed by atoms with Gasteiger partial charge in [0.2, 0.25) is 0 Å². The zero-order chi connectivity index (χ0) is 12.7. The lowest BCUT2D eigenvalue weighted by Gasteiger charge is -2.25. The number of hydrogen-bond acceptors (Lipinski definition) is 3. The molecule has 3 heteroatoms. The van der Waals surface area contributed by atoms with Crippen LogP contribution in [0.2, 0.25) is 0 Å². The molecule has 1 rings (SSSR count). The van der Waals surface area contributed by atoms with Crippen molar-refractivity contribution in [1.82, 2.24) is 15.2 Å². The number of pyridine rings is 1. The van der Waals surface area contributed by atoms with E-state index in [1.807, 2.05) is 7.05 Å². The molecule has 0 aliphatic carbocycles. The maximum absolute atomic E-state index is 4.66. The fourth-order valence-corrected chi connectivity index (χ4v) is 1.91. The zero-order valence-corrected chi connectivity index (χ0v) is 11.5. The average Bonchev–Trinajstić information content (AvgIpc) is 2.29. The molecule has 3 nitrogen and oxygen atoms in total. The number of aromatic nitrogens is 1. The summed E-state index contributed by atoms with van der Waals surface area (Å²) in [5, 5.41) is 3.14. The van der Waals surface area contributed by atoms with Crippen molar-refractivity contribution >= 4 is 0 Å². The maximum atomic E-state index is 4.66. The van der Waals surface area contributed by atoms with Gasteiger partial charge in [0.15, 0.2) is 0 Å². The Morgan fingerprint density at radius 1 is 1.29 bits per heavy atom. The molecule has 0 unspecified atom stereocenters. The Labute approximate surface area is 105 Å². The summed E-state index contributed by atoms with van der Waals surface area (Å²) >= 11 is 0. The molecule has 17 heavy (non-hydrogen) atoms. The van der Waals surface area contributed by atoms with Gasteiger partial charge in [-0.1, -0.05) is 13.0 Å². The third kappa shape index (κ3) is 4.84. The van der Waals surface area contributed by atoms with Crippen molar-refractivity contribution in [2.45, 2.75) is 46.3 Å². The van der Waals surface area contributed by atoms with Gasteiger partial charge in [0.1, 0.15) is 0 Å². The molecule has 1 aromatic rings. The van der Waals surface area contributed by atoms with Crippen molar-refractivity contribution in [3.8, 4) is 0 Å². The largest absolute Gasteiger partial charge is 0.314 e. The van der Waals surface area contributed by atoms with E-state index in [1.165, 1.54) is 12.1 Å². The molecule has 0 saturated heterocycles. The summed E-state index contributed by atoms with van der Waals surface area (Å²) in [7, 11) is 1.95. The van der Waals surface area contributed by atoms with Gasteiger partial charge in [-0.2, -0.15) is 0 Å². The van der Waals surface area contributed by atoms with E-state index in [-0.39, 0.29) is 0 Å². The topological polar surface area (TPSA) is 28.2 Å². The Hall–Kier alpha value is -0.930. The van der Waals surface area contributed by atoms with Gasteiger partial charge in [-0.15, -0.1) is 0 Å². The van der Waals surface area contributed by atoms with E-state index in [9.17, 15) is 0 Å². The second kappa shape index (κ2) is 7.41. The van der Waals surface area contributed by atoms with Gasteiger partial charge in [0.25, 0.3) is 0 Å². The maximum Gasteiger partial charge on any atom is 0.0547 e. The van der Waals surface area contributed by atoms with Crippen molar-refractivity contribution in [3.05, 3.63) is 29.6 Å². The summed E-state index contributed by atoms with van der Waals surface area (Å²) in [5.41, 5.74) is 2.28. The quantitative estimate of drug-likeness (QED) is 0.786. The van der Waals surface area contributed by atoms with Gasteiger partial charge in [-0.05, 0) is 46.0 Å². The summed E-state index contributed by atoms with van der Waals surface area (Å²) in [5.74, 6) is 0. The van der Waals surface area contributed by atoms with Crippen molar-refractivity contribution < 1.29 is 0 Å². The summed E-state index contributed by atoms with van der Waals surface area (Å²) in [6.07, 6.45) is 1.19. The first-order chi connectivity index (χ1) is 8.17. The normalized spacial score (nSPS) is 11.4. The third-order valence-corrected chi connectivity index (χ3v) is 2.83. The van der Waals surface area contributed by atoms with Crippen LogP contribution in [-0.4, -0.2) is 29.5 Å². The molecule has 96 valence electrons. The van der Waals surface area contributed by atoms with Crippen LogP contribution in [0, 0.1) is 0 Å². The highest BCUT2D eigenvalue weighted by Gasteiger charge is 2.09. The van der Waals surface area contributed by atoms with Crippen LogP contribution in [0.4, 0.5) is 0 Å². The van der Waals surface area contributed by atoms with E-state index < -0.39 is 0 Å². The first kappa shape index (κ1) is 14.1. The summed E-state index contributed by atoms with van der Waals surface area (Å²) < 4.78 is 0. The Morgan fingerprint density at radius 3 is 2.59 bits per heavy atom. The number of rotatable bonds is 7. The Kier molecular flexibility index (Phi) is 6.16. The number of nitrogens with one attached hydrogen (secondary N) is 1. The van der Waals surface area contributed by atoms with E-state index in [0.29, 0.717) is 6.04 Å². The van der Waals surface area contributed by atoms with Crippen LogP contribution >= 0.6 is 0 Å². The zero-order valence-electron chi connectivity index (χ0n) is 11.5. The minimum Gasteiger partial charge on any atom is -0.314 e. The van der Waals surface area contributed by atoms with Crippen molar-refractivity contribution in [1.29, 1.82) is 0 Å². The predicted molar refractivity (Wildman–Crippen MR) is 72.8 cm³/mol. The van der Waals surface area contributed by atoms with Crippen LogP contribution in [0.3, 0.4) is 0 Å². The monoisotopic (exact) mass is 235 g/mol. The lowest BCUT2D eigenvalue weighted by atomic mass is 10.2. The fourth-order valence-electron chi connectivity index (χ4n) is 1.91. The molecule has 0 radical (unpaired) electrons. The van der Waals surface area contributed by atoms with Gasteiger partial charge in [0, 0.05) is 19.1 Å². The van der Waals surface area contributed by atoms with E-state index in [4.69, 9.17) is 0 Å². The SMILES string of the molecule is CCCN(Cc1cccc(CNC)n1)C(C)C. The molecule has 0 aliphatic heterocycles. The van der Waals surface area contributed by atoms with Crippen molar-refractivity contribution in [2.75, 3.05) is 13.6 Å². The molecule has 0 fully saturated rings. The minimum atomic E-state index is 0.574. The predicted octanol–water partition coefficient (Wildman–Crippen LogP) is 2.42. The molecule has 0 atom stereocenters. The van der Waals surface area contributed by atoms with Crippen LogP contribution in [0.25, 0.3) is 0 Å². The molecule has 0 saturated carbocycles. The van der Waals surface area contributed by atoms with Crippen LogP contribution in [-0.2, 0) is 13.1 Å². The average molecular weight is 235 g/mol. The van der Waals surface area contributed by atoms with E-state index in [0.717, 1.165) is 25.3 Å². The van der Waals surface area contributed by atoms with Gasteiger partial charge in [0.05, 0.1) is 11.4 Å². The molecular weight excluding hydrogens is 210 g/mol. The summed E-state index contributed by atoms with van der Waals surface area (Å²) in [6, 6.07) is 6.85. The fraction of sp³-hybridized carbons (Fsp3) is 0.643. The molecular formula is C14H25N3. The third-order valence-electron chi connectivity index (χ3n) is 2.83. The Bertz CT molecular complexity index is 323. The molecule has 1 N–H and O–H groups in total. The van der Waals surface area contributed by atoms with Crippen LogP contribution in [0.5, 0.6) is 0 Å². The van der Waals surface area contributed by atoms with Gasteiger partial charge in [-0.25, -0.2) is 0 Å². The second-order valence-electron chi connectivity index (χ2n) is 4.71. The highest BCUT2D eigenvalue weighted by Crippen LogP contribution is 2.08. The van der Waals surface area contributed by atoms with Crippen molar-refractivity contribution in [3.63, 3.8) is 0 Å². The first-order valence-corrected chi connectivity index (χ1v) is 6.50. The second-order valence-corrected chi connectivity index (χ2v) is 4.71.